The lowest BCUT2D eigenvalue weighted by molar-refractivity contribution is -0.122. The Bertz CT molecular complexity index is 1380. The van der Waals surface area contributed by atoms with Crippen LogP contribution >= 0.6 is 0 Å². The summed E-state index contributed by atoms with van der Waals surface area (Å²) in [7, 11) is 0. The first-order valence-corrected chi connectivity index (χ1v) is 11.8. The molecule has 9 nitrogen and oxygen atoms in total. The van der Waals surface area contributed by atoms with Gasteiger partial charge in [-0.25, -0.2) is 9.67 Å². The van der Waals surface area contributed by atoms with Crippen LogP contribution in [0.25, 0.3) is 22.5 Å². The van der Waals surface area contributed by atoms with Crippen LogP contribution in [0.2, 0.25) is 0 Å². The van der Waals surface area contributed by atoms with E-state index in [-0.39, 0.29) is 23.9 Å². The molecule has 1 atom stereocenters. The van der Waals surface area contributed by atoms with Gasteiger partial charge in [0.05, 0.1) is 29.5 Å². The second-order valence-corrected chi connectivity index (χ2v) is 9.14. The van der Waals surface area contributed by atoms with Gasteiger partial charge in [-0.3, -0.25) is 14.5 Å². The van der Waals surface area contributed by atoms with Gasteiger partial charge in [0.1, 0.15) is 5.69 Å². The maximum absolute atomic E-state index is 13.4. The highest BCUT2D eigenvalue weighted by atomic mass is 16.3. The topological polar surface area (TPSA) is 119 Å². The fraction of sp³-hybridized carbons (Fsp3) is 0.308. The van der Waals surface area contributed by atoms with Gasteiger partial charge in [-0.1, -0.05) is 12.1 Å². The first kappa shape index (κ1) is 22.8. The van der Waals surface area contributed by atoms with Gasteiger partial charge in [-0.2, -0.15) is 5.10 Å². The van der Waals surface area contributed by atoms with E-state index in [1.807, 2.05) is 44.2 Å². The van der Waals surface area contributed by atoms with Crippen molar-refractivity contribution in [2.45, 2.75) is 45.3 Å². The van der Waals surface area contributed by atoms with Crippen LogP contribution in [0.15, 0.2) is 59.3 Å². The largest absolute Gasteiger partial charge is 0.463 e. The van der Waals surface area contributed by atoms with Gasteiger partial charge in [0.15, 0.2) is 11.4 Å². The standard InChI is InChI=1S/C26H28N6O3/c1-16(2)32-25-20(14-28-32)19(13-21(30-25)23-9-5-11-35-23)26(34)29-18-7-3-6-17(12-18)15-31-10-4-8-22(31)24(27)33/h3,5-7,9,11-14,16,22H,4,8,10,15H2,1-2H3,(H2,27,33)(H,29,34). The SMILES string of the molecule is CC(C)n1ncc2c(C(=O)Nc3cccc(CN4CCCC4C(N)=O)c3)cc(-c3ccco3)nc21. The highest BCUT2D eigenvalue weighted by Gasteiger charge is 2.28. The van der Waals surface area contributed by atoms with E-state index >= 15 is 0 Å². The van der Waals surface area contributed by atoms with Crippen molar-refractivity contribution in [3.05, 3.63) is 66.1 Å². The van der Waals surface area contributed by atoms with E-state index in [9.17, 15) is 9.59 Å². The Hall–Kier alpha value is -3.98. The Labute approximate surface area is 202 Å². The van der Waals surface area contributed by atoms with Gasteiger partial charge in [-0.15, -0.1) is 0 Å². The molecule has 1 aromatic carbocycles. The molecule has 1 unspecified atom stereocenters. The van der Waals surface area contributed by atoms with Crippen molar-refractivity contribution in [1.82, 2.24) is 19.7 Å². The fourth-order valence-electron chi connectivity index (χ4n) is 4.65. The number of fused-ring (bicyclic) bond motifs is 1. The summed E-state index contributed by atoms with van der Waals surface area (Å²) in [6.45, 7) is 5.46. The molecule has 1 aliphatic heterocycles. The van der Waals surface area contributed by atoms with Crippen LogP contribution in [0.3, 0.4) is 0 Å². The van der Waals surface area contributed by atoms with Gasteiger partial charge in [0.25, 0.3) is 5.91 Å². The van der Waals surface area contributed by atoms with E-state index in [1.54, 1.807) is 29.3 Å². The molecule has 4 heterocycles. The lowest BCUT2D eigenvalue weighted by Crippen LogP contribution is -2.39. The number of benzene rings is 1. The summed E-state index contributed by atoms with van der Waals surface area (Å²) < 4.78 is 7.34. The van der Waals surface area contributed by atoms with Crippen LogP contribution < -0.4 is 11.1 Å². The van der Waals surface area contributed by atoms with Crippen LogP contribution in [-0.2, 0) is 11.3 Å². The number of amides is 2. The maximum atomic E-state index is 13.4. The first-order chi connectivity index (χ1) is 16.9. The van der Waals surface area contributed by atoms with E-state index in [0.29, 0.717) is 40.3 Å². The minimum atomic E-state index is -0.289. The number of carbonyl (C=O) groups is 2. The summed E-state index contributed by atoms with van der Waals surface area (Å²) >= 11 is 0. The van der Waals surface area contributed by atoms with Crippen LogP contribution in [0, 0.1) is 0 Å². The number of hydrogen-bond donors (Lipinski definition) is 2. The van der Waals surface area contributed by atoms with Crippen molar-refractivity contribution in [3.8, 4) is 11.5 Å². The molecule has 1 fully saturated rings. The third kappa shape index (κ3) is 4.54. The number of primary amides is 1. The third-order valence-corrected chi connectivity index (χ3v) is 6.34. The molecule has 35 heavy (non-hydrogen) atoms. The number of carbonyl (C=O) groups excluding carboxylic acids is 2. The number of rotatable bonds is 7. The highest BCUT2D eigenvalue weighted by molar-refractivity contribution is 6.12. The zero-order valence-corrected chi connectivity index (χ0v) is 19.8. The zero-order valence-electron chi connectivity index (χ0n) is 19.8. The average molecular weight is 473 g/mol. The van der Waals surface area contributed by atoms with Crippen LogP contribution in [0.4, 0.5) is 5.69 Å². The number of nitrogens with zero attached hydrogens (tertiary/aromatic N) is 4. The maximum Gasteiger partial charge on any atom is 0.256 e. The van der Waals surface area contributed by atoms with E-state index in [0.717, 1.165) is 24.9 Å². The van der Waals surface area contributed by atoms with Crippen molar-refractivity contribution in [3.63, 3.8) is 0 Å². The molecule has 0 saturated carbocycles. The third-order valence-electron chi connectivity index (χ3n) is 6.34. The molecule has 180 valence electrons. The number of nitrogens with two attached hydrogens (primary N) is 1. The smallest absolute Gasteiger partial charge is 0.256 e. The minimum Gasteiger partial charge on any atom is -0.463 e. The number of nitrogens with one attached hydrogen (secondary N) is 1. The number of furan rings is 1. The van der Waals surface area contributed by atoms with Crippen molar-refractivity contribution < 1.29 is 14.0 Å². The van der Waals surface area contributed by atoms with Crippen molar-refractivity contribution in [2.75, 3.05) is 11.9 Å². The summed E-state index contributed by atoms with van der Waals surface area (Å²) in [5, 5.41) is 8.15. The number of anilines is 1. The monoisotopic (exact) mass is 472 g/mol. The molecule has 5 rings (SSSR count). The summed E-state index contributed by atoms with van der Waals surface area (Å²) in [5.74, 6) is 0.0267. The molecule has 0 aliphatic carbocycles. The predicted octanol–water partition coefficient (Wildman–Crippen LogP) is 3.97. The normalized spacial score (nSPS) is 16.3. The van der Waals surface area contributed by atoms with Gasteiger partial charge < -0.3 is 15.5 Å². The second-order valence-electron chi connectivity index (χ2n) is 9.14. The van der Waals surface area contributed by atoms with Crippen molar-refractivity contribution >= 4 is 28.5 Å². The number of hydrogen-bond acceptors (Lipinski definition) is 6. The Morgan fingerprint density at radius 1 is 1.23 bits per heavy atom. The van der Waals surface area contributed by atoms with Crippen LogP contribution in [0.1, 0.15) is 48.7 Å². The molecule has 0 radical (unpaired) electrons. The van der Waals surface area contributed by atoms with Gasteiger partial charge in [-0.05, 0) is 69.1 Å². The molecule has 9 heteroatoms. The fourth-order valence-corrected chi connectivity index (χ4v) is 4.65. The number of aromatic nitrogens is 3. The molecule has 3 aromatic heterocycles. The molecule has 3 N–H and O–H groups in total. The predicted molar refractivity (Wildman–Crippen MR) is 133 cm³/mol. The minimum absolute atomic E-state index is 0.0780. The highest BCUT2D eigenvalue weighted by Crippen LogP contribution is 2.28. The molecule has 0 spiro atoms. The summed E-state index contributed by atoms with van der Waals surface area (Å²) in [5.41, 5.74) is 8.88. The Kier molecular flexibility index (Phi) is 6.08. The molecule has 4 aromatic rings. The molecule has 1 saturated heterocycles. The molecule has 0 bridgehead atoms. The Morgan fingerprint density at radius 3 is 2.83 bits per heavy atom. The van der Waals surface area contributed by atoms with E-state index < -0.39 is 0 Å². The summed E-state index contributed by atoms with van der Waals surface area (Å²) in [6, 6.07) is 12.8. The van der Waals surface area contributed by atoms with Crippen LogP contribution in [-0.4, -0.2) is 44.1 Å². The lowest BCUT2D eigenvalue weighted by atomic mass is 10.1. The van der Waals surface area contributed by atoms with E-state index in [2.05, 4.69) is 15.3 Å². The van der Waals surface area contributed by atoms with Gasteiger partial charge in [0, 0.05) is 18.3 Å². The number of likely N-dealkylation sites (tertiary alicyclic amines) is 1. The van der Waals surface area contributed by atoms with Crippen molar-refractivity contribution in [1.29, 1.82) is 0 Å². The van der Waals surface area contributed by atoms with Gasteiger partial charge >= 0.3 is 0 Å². The molecular formula is C26H28N6O3. The molecule has 1 aliphatic rings. The zero-order chi connectivity index (χ0) is 24.5. The summed E-state index contributed by atoms with van der Waals surface area (Å²) in [4.78, 5) is 32.0. The van der Waals surface area contributed by atoms with E-state index in [1.165, 1.54) is 0 Å². The lowest BCUT2D eigenvalue weighted by Gasteiger charge is -2.22. The summed E-state index contributed by atoms with van der Waals surface area (Å²) in [6.07, 6.45) is 4.99. The Morgan fingerprint density at radius 2 is 2.09 bits per heavy atom. The average Bonchev–Trinajstić information content (AvgIpc) is 3.59. The van der Waals surface area contributed by atoms with Gasteiger partial charge in [0.2, 0.25) is 5.91 Å². The Balaban J connectivity index is 1.44. The molecular weight excluding hydrogens is 444 g/mol. The molecule has 2 amide bonds. The quantitative estimate of drug-likeness (QED) is 0.420. The van der Waals surface area contributed by atoms with Crippen LogP contribution in [0.5, 0.6) is 0 Å². The number of pyridine rings is 1. The van der Waals surface area contributed by atoms with E-state index in [4.69, 9.17) is 15.1 Å². The first-order valence-electron chi connectivity index (χ1n) is 11.8. The second kappa shape index (κ2) is 9.34. The van der Waals surface area contributed by atoms with Crippen molar-refractivity contribution in [2.24, 2.45) is 5.73 Å².